The number of benzene rings is 1. The third kappa shape index (κ3) is 2.91. The Hall–Kier alpha value is -0.910. The molecular formula is C13H18BrN3O. The summed E-state index contributed by atoms with van der Waals surface area (Å²) in [5, 5.41) is 0. The van der Waals surface area contributed by atoms with E-state index in [1.54, 1.807) is 6.07 Å². The standard InChI is InChI=1S/C13H18BrN3O/c1-17(11-3-2-4-11)8-10-6-5-9(7-12(10)14)13(18)16-15/h5-7,11H,2-4,8,15H2,1H3,(H,16,18). The molecule has 1 fully saturated rings. The summed E-state index contributed by atoms with van der Waals surface area (Å²) in [5.41, 5.74) is 3.90. The zero-order chi connectivity index (χ0) is 13.1. The number of nitrogens with one attached hydrogen (secondary N) is 1. The predicted molar refractivity (Wildman–Crippen MR) is 74.9 cm³/mol. The molecule has 0 atom stereocenters. The number of nitrogens with zero attached hydrogens (tertiary/aromatic N) is 1. The number of amides is 1. The lowest BCUT2D eigenvalue weighted by Gasteiger charge is -2.35. The number of carbonyl (C=O) groups excluding carboxylic acids is 1. The summed E-state index contributed by atoms with van der Waals surface area (Å²) >= 11 is 3.51. The van der Waals surface area contributed by atoms with Crippen LogP contribution in [0, 0.1) is 0 Å². The molecule has 1 aliphatic carbocycles. The summed E-state index contributed by atoms with van der Waals surface area (Å²) < 4.78 is 0.953. The van der Waals surface area contributed by atoms with Gasteiger partial charge in [-0.15, -0.1) is 0 Å². The van der Waals surface area contributed by atoms with Gasteiger partial charge < -0.3 is 0 Å². The molecule has 18 heavy (non-hydrogen) atoms. The third-order valence-corrected chi connectivity index (χ3v) is 4.30. The molecule has 3 N–H and O–H groups in total. The summed E-state index contributed by atoms with van der Waals surface area (Å²) in [6.45, 7) is 0.899. The first-order chi connectivity index (χ1) is 8.61. The number of nitrogen functional groups attached to an aromatic ring is 1. The van der Waals surface area contributed by atoms with E-state index in [4.69, 9.17) is 5.84 Å². The van der Waals surface area contributed by atoms with Gasteiger partial charge in [-0.2, -0.15) is 0 Å². The van der Waals surface area contributed by atoms with Crippen molar-refractivity contribution in [3.8, 4) is 0 Å². The minimum absolute atomic E-state index is 0.269. The molecule has 1 aliphatic rings. The molecule has 1 aromatic carbocycles. The first kappa shape index (κ1) is 13.5. The highest BCUT2D eigenvalue weighted by Gasteiger charge is 2.22. The van der Waals surface area contributed by atoms with Crippen LogP contribution in [0.5, 0.6) is 0 Å². The van der Waals surface area contributed by atoms with Gasteiger partial charge in [0.05, 0.1) is 0 Å². The summed E-state index contributed by atoms with van der Waals surface area (Å²) in [4.78, 5) is 13.8. The highest BCUT2D eigenvalue weighted by atomic mass is 79.9. The van der Waals surface area contributed by atoms with Gasteiger partial charge in [-0.05, 0) is 37.6 Å². The maximum atomic E-state index is 11.4. The molecule has 0 saturated heterocycles. The van der Waals surface area contributed by atoms with E-state index in [9.17, 15) is 4.79 Å². The Bertz CT molecular complexity index is 446. The van der Waals surface area contributed by atoms with Crippen molar-refractivity contribution in [2.45, 2.75) is 31.8 Å². The Morgan fingerprint density at radius 3 is 2.78 bits per heavy atom. The molecule has 4 nitrogen and oxygen atoms in total. The Balaban J connectivity index is 2.07. The molecular weight excluding hydrogens is 294 g/mol. The van der Waals surface area contributed by atoms with Crippen molar-refractivity contribution in [1.82, 2.24) is 10.3 Å². The maximum absolute atomic E-state index is 11.4. The van der Waals surface area contributed by atoms with Crippen molar-refractivity contribution >= 4 is 21.8 Å². The molecule has 1 amide bonds. The van der Waals surface area contributed by atoms with Crippen LogP contribution in [-0.4, -0.2) is 23.9 Å². The van der Waals surface area contributed by atoms with E-state index >= 15 is 0 Å². The number of hydrogen-bond acceptors (Lipinski definition) is 3. The largest absolute Gasteiger partial charge is 0.299 e. The smallest absolute Gasteiger partial charge is 0.265 e. The SMILES string of the molecule is CN(Cc1ccc(C(=O)NN)cc1Br)C1CCC1. The molecule has 0 aromatic heterocycles. The molecule has 0 bridgehead atoms. The van der Waals surface area contributed by atoms with Gasteiger partial charge in [-0.25, -0.2) is 5.84 Å². The van der Waals surface area contributed by atoms with E-state index in [1.165, 1.54) is 24.8 Å². The summed E-state index contributed by atoms with van der Waals surface area (Å²) in [5.74, 6) is 4.85. The lowest BCUT2D eigenvalue weighted by Crippen LogP contribution is -2.36. The fourth-order valence-electron chi connectivity index (χ4n) is 2.13. The molecule has 5 heteroatoms. The van der Waals surface area contributed by atoms with E-state index in [1.807, 2.05) is 12.1 Å². The van der Waals surface area contributed by atoms with Crippen molar-refractivity contribution in [1.29, 1.82) is 0 Å². The number of hydrazine groups is 1. The summed E-state index contributed by atoms with van der Waals surface area (Å²) in [7, 11) is 2.15. The second-order valence-electron chi connectivity index (χ2n) is 4.78. The molecule has 0 heterocycles. The average molecular weight is 312 g/mol. The Morgan fingerprint density at radius 2 is 2.28 bits per heavy atom. The molecule has 0 spiro atoms. The fourth-order valence-corrected chi connectivity index (χ4v) is 2.63. The van der Waals surface area contributed by atoms with Crippen LogP contribution < -0.4 is 11.3 Å². The van der Waals surface area contributed by atoms with Crippen molar-refractivity contribution in [3.63, 3.8) is 0 Å². The number of carbonyl (C=O) groups is 1. The van der Waals surface area contributed by atoms with E-state index in [0.29, 0.717) is 11.6 Å². The van der Waals surface area contributed by atoms with Gasteiger partial charge in [0.15, 0.2) is 0 Å². The molecule has 98 valence electrons. The van der Waals surface area contributed by atoms with E-state index in [0.717, 1.165) is 11.0 Å². The van der Waals surface area contributed by atoms with Gasteiger partial charge in [-0.3, -0.25) is 15.1 Å². The number of hydrogen-bond donors (Lipinski definition) is 2. The molecule has 1 aromatic rings. The highest BCUT2D eigenvalue weighted by Crippen LogP contribution is 2.27. The van der Waals surface area contributed by atoms with Gasteiger partial charge >= 0.3 is 0 Å². The third-order valence-electron chi connectivity index (χ3n) is 3.56. The van der Waals surface area contributed by atoms with Crippen molar-refractivity contribution in [3.05, 3.63) is 33.8 Å². The molecule has 1 saturated carbocycles. The van der Waals surface area contributed by atoms with Crippen molar-refractivity contribution in [2.24, 2.45) is 5.84 Å². The quantitative estimate of drug-likeness (QED) is 0.508. The van der Waals surface area contributed by atoms with Crippen LogP contribution in [0.15, 0.2) is 22.7 Å². The van der Waals surface area contributed by atoms with Gasteiger partial charge in [0.2, 0.25) is 0 Å². The number of rotatable bonds is 4. The van der Waals surface area contributed by atoms with Gasteiger partial charge in [0.1, 0.15) is 0 Å². The van der Waals surface area contributed by atoms with Crippen LogP contribution in [-0.2, 0) is 6.54 Å². The minimum atomic E-state index is -0.269. The van der Waals surface area contributed by atoms with Crippen LogP contribution >= 0.6 is 15.9 Å². The molecule has 2 rings (SSSR count). The Morgan fingerprint density at radius 1 is 1.56 bits per heavy atom. The highest BCUT2D eigenvalue weighted by molar-refractivity contribution is 9.10. The minimum Gasteiger partial charge on any atom is -0.299 e. The van der Waals surface area contributed by atoms with E-state index in [2.05, 4.69) is 33.3 Å². The lowest BCUT2D eigenvalue weighted by molar-refractivity contribution is 0.0953. The second-order valence-corrected chi connectivity index (χ2v) is 5.63. The number of nitrogens with two attached hydrogens (primary N) is 1. The van der Waals surface area contributed by atoms with Gasteiger partial charge in [0, 0.05) is 22.6 Å². The molecule has 0 aliphatic heterocycles. The van der Waals surface area contributed by atoms with Crippen LogP contribution in [0.4, 0.5) is 0 Å². The normalized spacial score (nSPS) is 15.6. The first-order valence-electron chi connectivity index (χ1n) is 6.11. The zero-order valence-electron chi connectivity index (χ0n) is 10.4. The topological polar surface area (TPSA) is 58.4 Å². The van der Waals surface area contributed by atoms with Gasteiger partial charge in [0.25, 0.3) is 5.91 Å². The van der Waals surface area contributed by atoms with Crippen LogP contribution in [0.1, 0.15) is 35.2 Å². The van der Waals surface area contributed by atoms with E-state index < -0.39 is 0 Å². The second kappa shape index (κ2) is 5.82. The Labute approximate surface area is 116 Å². The van der Waals surface area contributed by atoms with Crippen molar-refractivity contribution in [2.75, 3.05) is 7.05 Å². The predicted octanol–water partition coefficient (Wildman–Crippen LogP) is 2.04. The average Bonchev–Trinajstić information content (AvgIpc) is 2.28. The van der Waals surface area contributed by atoms with Crippen LogP contribution in [0.2, 0.25) is 0 Å². The first-order valence-corrected chi connectivity index (χ1v) is 6.90. The zero-order valence-corrected chi connectivity index (χ0v) is 12.0. The maximum Gasteiger partial charge on any atom is 0.265 e. The van der Waals surface area contributed by atoms with Crippen molar-refractivity contribution < 1.29 is 4.79 Å². The number of halogens is 1. The van der Waals surface area contributed by atoms with Gasteiger partial charge in [-0.1, -0.05) is 28.4 Å². The monoisotopic (exact) mass is 311 g/mol. The Kier molecular flexibility index (Phi) is 4.37. The summed E-state index contributed by atoms with van der Waals surface area (Å²) in [6.07, 6.45) is 3.93. The summed E-state index contributed by atoms with van der Waals surface area (Å²) in [6, 6.07) is 6.30. The van der Waals surface area contributed by atoms with Crippen LogP contribution in [0.25, 0.3) is 0 Å². The fraction of sp³-hybridized carbons (Fsp3) is 0.462. The van der Waals surface area contributed by atoms with Crippen LogP contribution in [0.3, 0.4) is 0 Å². The molecule has 0 radical (unpaired) electrons. The molecule has 0 unspecified atom stereocenters. The van der Waals surface area contributed by atoms with E-state index in [-0.39, 0.29) is 5.91 Å². The lowest BCUT2D eigenvalue weighted by atomic mass is 9.91.